The average Bonchev–Trinajstić information content (AvgIpc) is 3.06. The van der Waals surface area contributed by atoms with Crippen molar-refractivity contribution in [2.24, 2.45) is 0 Å². The predicted molar refractivity (Wildman–Crippen MR) is 120 cm³/mol. The van der Waals surface area contributed by atoms with Gasteiger partial charge in [-0.3, -0.25) is 9.52 Å². The number of aromatic carboxylic acids is 1. The molecule has 0 radical (unpaired) electrons. The second-order valence-electron chi connectivity index (χ2n) is 5.97. The summed E-state index contributed by atoms with van der Waals surface area (Å²) in [5.41, 5.74) is 0.790. The molecule has 0 unspecified atom stereocenters. The molecule has 150 valence electrons. The zero-order valence-electron chi connectivity index (χ0n) is 15.0. The number of sulfonamides is 1. The first-order valence-corrected chi connectivity index (χ1v) is 11.6. The van der Waals surface area contributed by atoms with Crippen molar-refractivity contribution in [3.8, 4) is 0 Å². The van der Waals surface area contributed by atoms with E-state index in [1.807, 2.05) is 0 Å². The molecular weight excluding hydrogens is 527 g/mol. The van der Waals surface area contributed by atoms with Gasteiger partial charge in [-0.25, -0.2) is 13.2 Å². The maximum Gasteiger partial charge on any atom is 0.337 e. The topological polar surface area (TPSA) is 113 Å². The number of hydrogen-bond acceptors (Lipinski definition) is 5. The highest BCUT2D eigenvalue weighted by Crippen LogP contribution is 2.29. The number of para-hydroxylation sites is 1. The molecule has 10 heteroatoms. The quantitative estimate of drug-likeness (QED) is 0.400. The molecule has 0 aliphatic rings. The number of hydrogen-bond donors (Lipinski definition) is 3. The Morgan fingerprint density at radius 1 is 1.07 bits per heavy atom. The van der Waals surface area contributed by atoms with Crippen molar-refractivity contribution in [3.05, 3.63) is 73.5 Å². The minimum absolute atomic E-state index is 0.00211. The number of benzene rings is 2. The van der Waals surface area contributed by atoms with Crippen LogP contribution < -0.4 is 10.0 Å². The Bertz CT molecular complexity index is 1190. The summed E-state index contributed by atoms with van der Waals surface area (Å²) in [5, 5.41) is 13.2. The summed E-state index contributed by atoms with van der Waals surface area (Å²) in [7, 11) is -3.88. The summed E-state index contributed by atoms with van der Waals surface area (Å²) in [5.74, 6) is -1.74. The first kappa shape index (κ1) is 21.3. The van der Waals surface area contributed by atoms with E-state index in [0.29, 0.717) is 11.3 Å². The first-order chi connectivity index (χ1) is 13.7. The van der Waals surface area contributed by atoms with Crippen molar-refractivity contribution in [3.63, 3.8) is 0 Å². The van der Waals surface area contributed by atoms with Crippen molar-refractivity contribution in [2.45, 2.75) is 11.8 Å². The molecule has 0 spiro atoms. The molecule has 0 atom stereocenters. The van der Waals surface area contributed by atoms with Crippen LogP contribution in [0.5, 0.6) is 0 Å². The molecule has 3 aromatic rings. The SMILES string of the molecule is Cc1c(S(=O)(=O)Nc2ccc(I)cc2)csc1C(=O)Nc1ccccc1C(=O)O. The van der Waals surface area contributed by atoms with Crippen LogP contribution in [0.4, 0.5) is 11.4 Å². The fourth-order valence-electron chi connectivity index (χ4n) is 2.58. The highest BCUT2D eigenvalue weighted by molar-refractivity contribution is 14.1. The lowest BCUT2D eigenvalue weighted by Gasteiger charge is -2.09. The Kier molecular flexibility index (Phi) is 6.24. The van der Waals surface area contributed by atoms with Crippen LogP contribution in [0.25, 0.3) is 0 Å². The largest absolute Gasteiger partial charge is 0.478 e. The molecule has 0 bridgehead atoms. The van der Waals surface area contributed by atoms with E-state index in [1.165, 1.54) is 24.4 Å². The van der Waals surface area contributed by atoms with Gasteiger partial charge in [-0.2, -0.15) is 0 Å². The number of thiophene rings is 1. The summed E-state index contributed by atoms with van der Waals surface area (Å²) in [6.45, 7) is 1.54. The summed E-state index contributed by atoms with van der Waals surface area (Å²) in [6, 6.07) is 12.9. The van der Waals surface area contributed by atoms with E-state index in [4.69, 9.17) is 0 Å². The van der Waals surface area contributed by atoms with Gasteiger partial charge in [0.15, 0.2) is 0 Å². The predicted octanol–water partition coefficient (Wildman–Crippen LogP) is 4.41. The van der Waals surface area contributed by atoms with Gasteiger partial charge in [0, 0.05) is 14.6 Å². The van der Waals surface area contributed by atoms with Gasteiger partial charge in [0.1, 0.15) is 4.90 Å². The molecule has 7 nitrogen and oxygen atoms in total. The van der Waals surface area contributed by atoms with E-state index < -0.39 is 21.9 Å². The maximum absolute atomic E-state index is 12.7. The van der Waals surface area contributed by atoms with Crippen molar-refractivity contribution in [1.29, 1.82) is 0 Å². The third kappa shape index (κ3) is 4.77. The Balaban J connectivity index is 1.86. The van der Waals surface area contributed by atoms with E-state index in [2.05, 4.69) is 32.6 Å². The van der Waals surface area contributed by atoms with Gasteiger partial charge < -0.3 is 10.4 Å². The molecule has 29 heavy (non-hydrogen) atoms. The zero-order valence-corrected chi connectivity index (χ0v) is 18.8. The molecule has 3 rings (SSSR count). The Morgan fingerprint density at radius 2 is 1.72 bits per heavy atom. The third-order valence-corrected chi connectivity index (χ3v) is 7.45. The van der Waals surface area contributed by atoms with Crippen LogP contribution in [0, 0.1) is 10.5 Å². The number of nitrogens with one attached hydrogen (secondary N) is 2. The van der Waals surface area contributed by atoms with E-state index in [1.54, 1.807) is 36.4 Å². The molecule has 0 saturated heterocycles. The van der Waals surface area contributed by atoms with E-state index in [9.17, 15) is 23.1 Å². The van der Waals surface area contributed by atoms with E-state index in [0.717, 1.165) is 14.9 Å². The molecule has 1 heterocycles. The third-order valence-electron chi connectivity index (χ3n) is 3.99. The number of halogens is 1. The monoisotopic (exact) mass is 542 g/mol. The Hall–Kier alpha value is -2.44. The van der Waals surface area contributed by atoms with Crippen molar-refractivity contribution < 1.29 is 23.1 Å². The minimum atomic E-state index is -3.88. The minimum Gasteiger partial charge on any atom is -0.478 e. The number of amides is 1. The van der Waals surface area contributed by atoms with Gasteiger partial charge in [-0.15, -0.1) is 11.3 Å². The molecule has 1 amide bonds. The van der Waals surface area contributed by atoms with Crippen molar-refractivity contribution in [2.75, 3.05) is 10.0 Å². The molecule has 1 aromatic heterocycles. The van der Waals surface area contributed by atoms with Gasteiger partial charge in [0.2, 0.25) is 0 Å². The lowest BCUT2D eigenvalue weighted by molar-refractivity contribution is 0.0698. The van der Waals surface area contributed by atoms with Crippen molar-refractivity contribution in [1.82, 2.24) is 0 Å². The van der Waals surface area contributed by atoms with E-state index >= 15 is 0 Å². The van der Waals surface area contributed by atoms with Crippen LogP contribution >= 0.6 is 33.9 Å². The fourth-order valence-corrected chi connectivity index (χ4v) is 5.56. The first-order valence-electron chi connectivity index (χ1n) is 8.19. The van der Waals surface area contributed by atoms with Crippen LogP contribution in [-0.4, -0.2) is 25.4 Å². The van der Waals surface area contributed by atoms with Gasteiger partial charge in [0.25, 0.3) is 15.9 Å². The average molecular weight is 542 g/mol. The smallest absolute Gasteiger partial charge is 0.337 e. The van der Waals surface area contributed by atoms with Crippen LogP contribution in [0.1, 0.15) is 25.6 Å². The lowest BCUT2D eigenvalue weighted by Crippen LogP contribution is -2.16. The van der Waals surface area contributed by atoms with Gasteiger partial charge >= 0.3 is 5.97 Å². The number of carbonyl (C=O) groups is 2. The summed E-state index contributed by atoms with van der Waals surface area (Å²) in [6.07, 6.45) is 0. The molecule has 0 fully saturated rings. The van der Waals surface area contributed by atoms with Gasteiger partial charge in [0.05, 0.1) is 16.1 Å². The number of carboxylic acids is 1. The molecule has 3 N–H and O–H groups in total. The zero-order chi connectivity index (χ0) is 21.2. The number of carbonyl (C=O) groups excluding carboxylic acids is 1. The van der Waals surface area contributed by atoms with E-state index in [-0.39, 0.29) is 21.0 Å². The Morgan fingerprint density at radius 3 is 2.38 bits per heavy atom. The fraction of sp³-hybridized carbons (Fsp3) is 0.0526. The van der Waals surface area contributed by atoms with Crippen LogP contribution in [0.15, 0.2) is 58.8 Å². The molecule has 2 aromatic carbocycles. The summed E-state index contributed by atoms with van der Waals surface area (Å²) in [4.78, 5) is 24.1. The molecule has 0 aliphatic heterocycles. The highest BCUT2D eigenvalue weighted by atomic mass is 127. The standard InChI is InChI=1S/C19H15IN2O5S2/c1-11-16(29(26,27)22-13-8-6-12(20)7-9-13)10-28-17(11)18(23)21-15-5-3-2-4-14(15)19(24)25/h2-10,22H,1H3,(H,21,23)(H,24,25). The highest BCUT2D eigenvalue weighted by Gasteiger charge is 2.24. The maximum atomic E-state index is 12.7. The Labute approximate surface area is 185 Å². The number of carboxylic acid groups (broad SMARTS) is 1. The number of anilines is 2. The van der Waals surface area contributed by atoms with Crippen LogP contribution in [0.2, 0.25) is 0 Å². The van der Waals surface area contributed by atoms with Gasteiger partial charge in [-0.05, 0) is 71.5 Å². The number of rotatable bonds is 6. The van der Waals surface area contributed by atoms with Crippen LogP contribution in [-0.2, 0) is 10.0 Å². The molecule has 0 saturated carbocycles. The summed E-state index contributed by atoms with van der Waals surface area (Å²) >= 11 is 3.10. The molecule has 0 aliphatic carbocycles. The van der Waals surface area contributed by atoms with Crippen molar-refractivity contribution >= 4 is 67.2 Å². The second-order valence-corrected chi connectivity index (χ2v) is 9.75. The second kappa shape index (κ2) is 8.51. The lowest BCUT2D eigenvalue weighted by atomic mass is 10.1. The summed E-state index contributed by atoms with van der Waals surface area (Å²) < 4.78 is 28.9. The molecular formula is C19H15IN2O5S2. The normalized spacial score (nSPS) is 11.1. The van der Waals surface area contributed by atoms with Crippen LogP contribution in [0.3, 0.4) is 0 Å². The van der Waals surface area contributed by atoms with Gasteiger partial charge in [-0.1, -0.05) is 12.1 Å².